The molecule has 2 heterocycles. The molecule has 0 saturated carbocycles. The second-order valence-corrected chi connectivity index (χ2v) is 4.60. The molecule has 1 atom stereocenters. The number of hydrogen-bond donors (Lipinski definition) is 0. The van der Waals surface area contributed by atoms with Crippen molar-refractivity contribution in [1.82, 2.24) is 14.9 Å². The summed E-state index contributed by atoms with van der Waals surface area (Å²) in [4.78, 5) is 13.2. The Balaban J connectivity index is 2.10. The van der Waals surface area contributed by atoms with Crippen LogP contribution in [0.3, 0.4) is 0 Å². The van der Waals surface area contributed by atoms with Gasteiger partial charge in [0.15, 0.2) is 0 Å². The van der Waals surface area contributed by atoms with Gasteiger partial charge in [0.1, 0.15) is 0 Å². The van der Waals surface area contributed by atoms with Crippen LogP contribution in [-0.4, -0.2) is 55.2 Å². The normalized spacial score (nSPS) is 20.7. The highest BCUT2D eigenvalue weighted by Gasteiger charge is 2.23. The first kappa shape index (κ1) is 12.1. The van der Waals surface area contributed by atoms with Crippen LogP contribution >= 0.6 is 0 Å². The monoisotopic (exact) mass is 236 g/mol. The predicted octanol–water partition coefficient (Wildman–Crippen LogP) is 1.02. The summed E-state index contributed by atoms with van der Waals surface area (Å²) >= 11 is 0. The van der Waals surface area contributed by atoms with E-state index in [1.807, 2.05) is 0 Å². The third-order valence-corrected chi connectivity index (χ3v) is 3.24. The molecule has 0 aromatic carbocycles. The summed E-state index contributed by atoms with van der Waals surface area (Å²) in [5.74, 6) is 1.40. The molecule has 5 heteroatoms. The Hall–Kier alpha value is -1.36. The van der Waals surface area contributed by atoms with Gasteiger partial charge in [-0.1, -0.05) is 0 Å². The van der Waals surface area contributed by atoms with Gasteiger partial charge in [-0.2, -0.15) is 4.98 Å². The number of aromatic nitrogens is 2. The first-order valence-electron chi connectivity index (χ1n) is 5.99. The fourth-order valence-electron chi connectivity index (χ4n) is 2.16. The molecule has 94 valence electrons. The Labute approximate surface area is 102 Å². The molecule has 1 aliphatic heterocycles. The number of piperidine rings is 1. The van der Waals surface area contributed by atoms with Crippen LogP contribution in [0, 0.1) is 0 Å². The third-order valence-electron chi connectivity index (χ3n) is 3.24. The zero-order valence-electron chi connectivity index (χ0n) is 10.8. The highest BCUT2D eigenvalue weighted by Crippen LogP contribution is 2.19. The largest absolute Gasteiger partial charge is 0.481 e. The van der Waals surface area contributed by atoms with Crippen molar-refractivity contribution in [2.45, 2.75) is 18.9 Å². The SMILES string of the molecule is COc1ccnc(N2CCCC(N(C)C)C2)n1. The standard InChI is InChI=1S/C12H20N4O/c1-15(2)10-5-4-8-16(9-10)12-13-7-6-11(14-12)17-3/h6-7,10H,4-5,8-9H2,1-3H3. The maximum atomic E-state index is 5.13. The molecule has 1 aromatic heterocycles. The molecule has 0 radical (unpaired) electrons. The number of ether oxygens (including phenoxy) is 1. The number of likely N-dealkylation sites (N-methyl/N-ethyl adjacent to an activating group) is 1. The predicted molar refractivity (Wildman–Crippen MR) is 67.5 cm³/mol. The van der Waals surface area contributed by atoms with Crippen molar-refractivity contribution < 1.29 is 4.74 Å². The van der Waals surface area contributed by atoms with Gasteiger partial charge in [0.2, 0.25) is 11.8 Å². The van der Waals surface area contributed by atoms with Gasteiger partial charge in [0.05, 0.1) is 7.11 Å². The van der Waals surface area contributed by atoms with Gasteiger partial charge < -0.3 is 14.5 Å². The molecule has 0 aliphatic carbocycles. The lowest BCUT2D eigenvalue weighted by atomic mass is 10.1. The second kappa shape index (κ2) is 5.31. The van der Waals surface area contributed by atoms with E-state index >= 15 is 0 Å². The molecule has 1 aromatic rings. The molecular weight excluding hydrogens is 216 g/mol. The van der Waals surface area contributed by atoms with Crippen LogP contribution in [0.2, 0.25) is 0 Å². The molecule has 0 spiro atoms. The highest BCUT2D eigenvalue weighted by molar-refractivity contribution is 5.33. The van der Waals surface area contributed by atoms with Crippen molar-refractivity contribution in [3.63, 3.8) is 0 Å². The van der Waals surface area contributed by atoms with Crippen molar-refractivity contribution >= 4 is 5.95 Å². The molecular formula is C12H20N4O. The number of anilines is 1. The van der Waals surface area contributed by atoms with Crippen LogP contribution in [-0.2, 0) is 0 Å². The average molecular weight is 236 g/mol. The molecule has 1 unspecified atom stereocenters. The smallest absolute Gasteiger partial charge is 0.228 e. The number of hydrogen-bond acceptors (Lipinski definition) is 5. The van der Waals surface area contributed by atoms with E-state index in [2.05, 4.69) is 33.9 Å². The Kier molecular flexibility index (Phi) is 3.78. The fourth-order valence-corrected chi connectivity index (χ4v) is 2.16. The molecule has 1 saturated heterocycles. The van der Waals surface area contributed by atoms with E-state index in [1.54, 1.807) is 19.4 Å². The molecule has 1 fully saturated rings. The van der Waals surface area contributed by atoms with Crippen LogP contribution in [0.1, 0.15) is 12.8 Å². The summed E-state index contributed by atoms with van der Waals surface area (Å²) in [5.41, 5.74) is 0. The number of methoxy groups -OCH3 is 1. The van der Waals surface area contributed by atoms with E-state index in [1.165, 1.54) is 12.8 Å². The van der Waals surface area contributed by atoms with Gasteiger partial charge in [-0.25, -0.2) is 4.98 Å². The van der Waals surface area contributed by atoms with Crippen LogP contribution in [0.4, 0.5) is 5.95 Å². The van der Waals surface area contributed by atoms with Gasteiger partial charge in [0, 0.05) is 31.4 Å². The van der Waals surface area contributed by atoms with Gasteiger partial charge >= 0.3 is 0 Å². The average Bonchev–Trinajstić information content (AvgIpc) is 2.39. The summed E-state index contributed by atoms with van der Waals surface area (Å²) in [7, 11) is 5.88. The molecule has 17 heavy (non-hydrogen) atoms. The molecule has 1 aliphatic rings. The Morgan fingerprint density at radius 2 is 2.29 bits per heavy atom. The maximum absolute atomic E-state index is 5.13. The molecule has 0 amide bonds. The minimum absolute atomic E-state index is 0.582. The Morgan fingerprint density at radius 1 is 1.47 bits per heavy atom. The number of nitrogens with zero attached hydrogens (tertiary/aromatic N) is 4. The highest BCUT2D eigenvalue weighted by atomic mass is 16.5. The van der Waals surface area contributed by atoms with Gasteiger partial charge in [-0.05, 0) is 26.9 Å². The zero-order valence-corrected chi connectivity index (χ0v) is 10.8. The van der Waals surface area contributed by atoms with Crippen molar-refractivity contribution in [3.8, 4) is 5.88 Å². The lowest BCUT2D eigenvalue weighted by molar-refractivity contribution is 0.256. The van der Waals surface area contributed by atoms with Gasteiger partial charge in [0.25, 0.3) is 0 Å². The lowest BCUT2D eigenvalue weighted by Gasteiger charge is -2.36. The topological polar surface area (TPSA) is 41.5 Å². The first-order chi connectivity index (χ1) is 8.20. The summed E-state index contributed by atoms with van der Waals surface area (Å²) in [5, 5.41) is 0. The third kappa shape index (κ3) is 2.85. The molecule has 0 N–H and O–H groups in total. The zero-order chi connectivity index (χ0) is 12.3. The van der Waals surface area contributed by atoms with E-state index < -0.39 is 0 Å². The quantitative estimate of drug-likeness (QED) is 0.783. The van der Waals surface area contributed by atoms with E-state index in [0.29, 0.717) is 11.9 Å². The van der Waals surface area contributed by atoms with Crippen LogP contribution in [0.15, 0.2) is 12.3 Å². The van der Waals surface area contributed by atoms with Crippen molar-refractivity contribution in [2.24, 2.45) is 0 Å². The lowest BCUT2D eigenvalue weighted by Crippen LogP contribution is -2.45. The Morgan fingerprint density at radius 3 is 3.00 bits per heavy atom. The molecule has 5 nitrogen and oxygen atoms in total. The molecule has 2 rings (SSSR count). The van der Waals surface area contributed by atoms with E-state index in [4.69, 9.17) is 4.74 Å². The van der Waals surface area contributed by atoms with Gasteiger partial charge in [-0.3, -0.25) is 0 Å². The van der Waals surface area contributed by atoms with Crippen LogP contribution < -0.4 is 9.64 Å². The van der Waals surface area contributed by atoms with E-state index in [-0.39, 0.29) is 0 Å². The fraction of sp³-hybridized carbons (Fsp3) is 0.667. The van der Waals surface area contributed by atoms with E-state index in [9.17, 15) is 0 Å². The minimum Gasteiger partial charge on any atom is -0.481 e. The summed E-state index contributed by atoms with van der Waals surface area (Å²) < 4.78 is 5.13. The first-order valence-corrected chi connectivity index (χ1v) is 5.99. The van der Waals surface area contributed by atoms with Crippen molar-refractivity contribution in [3.05, 3.63) is 12.3 Å². The maximum Gasteiger partial charge on any atom is 0.228 e. The van der Waals surface area contributed by atoms with Crippen LogP contribution in [0.5, 0.6) is 5.88 Å². The Bertz CT molecular complexity index is 369. The van der Waals surface area contributed by atoms with Crippen molar-refractivity contribution in [2.75, 3.05) is 39.2 Å². The summed E-state index contributed by atoms with van der Waals surface area (Å²) in [6.07, 6.45) is 4.18. The number of rotatable bonds is 3. The molecule has 0 bridgehead atoms. The van der Waals surface area contributed by atoms with E-state index in [0.717, 1.165) is 19.0 Å². The van der Waals surface area contributed by atoms with Crippen LogP contribution in [0.25, 0.3) is 0 Å². The summed E-state index contributed by atoms with van der Waals surface area (Å²) in [6.45, 7) is 2.01. The second-order valence-electron chi connectivity index (χ2n) is 4.60. The summed E-state index contributed by atoms with van der Waals surface area (Å²) in [6, 6.07) is 2.36. The minimum atomic E-state index is 0.582. The van der Waals surface area contributed by atoms with Gasteiger partial charge in [-0.15, -0.1) is 0 Å². The van der Waals surface area contributed by atoms with Crippen molar-refractivity contribution in [1.29, 1.82) is 0 Å².